The summed E-state index contributed by atoms with van der Waals surface area (Å²) < 4.78 is 5.23. The normalized spacial score (nSPS) is 16.6. The highest BCUT2D eigenvalue weighted by Gasteiger charge is 2.12. The second kappa shape index (κ2) is 6.27. The van der Waals surface area contributed by atoms with E-state index in [0.29, 0.717) is 6.04 Å². The molecule has 0 spiro atoms. The number of rotatable bonds is 5. The number of fused-ring (bicyclic) bond motifs is 1. The minimum absolute atomic E-state index is 0.716. The van der Waals surface area contributed by atoms with Crippen molar-refractivity contribution in [1.82, 2.24) is 15.3 Å². The number of benzene rings is 1. The van der Waals surface area contributed by atoms with Crippen LogP contribution in [0.25, 0.3) is 11.0 Å². The third kappa shape index (κ3) is 3.12. The molecule has 0 unspecified atom stereocenters. The Bertz CT molecular complexity index is 558. The summed E-state index contributed by atoms with van der Waals surface area (Å²) in [5.41, 5.74) is 2.07. The maximum absolute atomic E-state index is 5.23. The highest BCUT2D eigenvalue weighted by molar-refractivity contribution is 5.76. The molecule has 108 valence electrons. The van der Waals surface area contributed by atoms with Gasteiger partial charge >= 0.3 is 0 Å². The quantitative estimate of drug-likeness (QED) is 0.880. The van der Waals surface area contributed by atoms with Crippen molar-refractivity contribution in [3.63, 3.8) is 0 Å². The predicted octanol–water partition coefficient (Wildman–Crippen LogP) is 3.04. The molecule has 1 saturated carbocycles. The molecule has 1 aliphatic rings. The first kappa shape index (κ1) is 13.4. The van der Waals surface area contributed by atoms with Crippen LogP contribution in [-0.4, -0.2) is 29.7 Å². The fraction of sp³-hybridized carbons (Fsp3) is 0.562. The number of imidazole rings is 1. The van der Waals surface area contributed by atoms with Crippen LogP contribution in [0.15, 0.2) is 18.2 Å². The van der Waals surface area contributed by atoms with E-state index in [0.717, 1.165) is 35.6 Å². The van der Waals surface area contributed by atoms with Gasteiger partial charge in [-0.1, -0.05) is 19.3 Å². The van der Waals surface area contributed by atoms with Crippen molar-refractivity contribution in [2.75, 3.05) is 13.7 Å². The molecule has 1 aliphatic carbocycles. The number of aromatic amines is 1. The summed E-state index contributed by atoms with van der Waals surface area (Å²) in [6.07, 6.45) is 7.77. The Morgan fingerprint density at radius 1 is 1.30 bits per heavy atom. The van der Waals surface area contributed by atoms with Crippen LogP contribution < -0.4 is 10.1 Å². The molecule has 0 bridgehead atoms. The van der Waals surface area contributed by atoms with Crippen LogP contribution in [0.4, 0.5) is 0 Å². The Hall–Kier alpha value is -1.55. The number of nitrogens with zero attached hydrogens (tertiary/aromatic N) is 1. The second-order valence-electron chi connectivity index (χ2n) is 5.61. The molecule has 4 heteroatoms. The molecule has 1 aromatic carbocycles. The topological polar surface area (TPSA) is 49.9 Å². The van der Waals surface area contributed by atoms with E-state index in [2.05, 4.69) is 15.3 Å². The molecule has 0 saturated heterocycles. The van der Waals surface area contributed by atoms with Gasteiger partial charge in [0.25, 0.3) is 0 Å². The summed E-state index contributed by atoms with van der Waals surface area (Å²) in [5, 5.41) is 3.65. The number of methoxy groups -OCH3 is 1. The zero-order chi connectivity index (χ0) is 13.8. The Balaban J connectivity index is 1.57. The Kier molecular flexibility index (Phi) is 4.21. The number of hydrogen-bond donors (Lipinski definition) is 2. The van der Waals surface area contributed by atoms with Crippen molar-refractivity contribution in [3.8, 4) is 5.75 Å². The summed E-state index contributed by atoms with van der Waals surface area (Å²) in [7, 11) is 1.69. The maximum Gasteiger partial charge on any atom is 0.121 e. The van der Waals surface area contributed by atoms with Crippen molar-refractivity contribution < 1.29 is 4.74 Å². The number of H-pyrrole nitrogens is 1. The molecule has 4 nitrogen and oxygen atoms in total. The smallest absolute Gasteiger partial charge is 0.121 e. The van der Waals surface area contributed by atoms with E-state index < -0.39 is 0 Å². The Morgan fingerprint density at radius 2 is 2.15 bits per heavy atom. The van der Waals surface area contributed by atoms with Crippen molar-refractivity contribution in [1.29, 1.82) is 0 Å². The molecule has 2 aromatic rings. The van der Waals surface area contributed by atoms with Crippen LogP contribution in [0.5, 0.6) is 5.75 Å². The highest BCUT2D eigenvalue weighted by atomic mass is 16.5. The van der Waals surface area contributed by atoms with Crippen LogP contribution in [0.3, 0.4) is 0 Å². The molecule has 1 fully saturated rings. The van der Waals surface area contributed by atoms with Crippen LogP contribution in [-0.2, 0) is 6.42 Å². The molecule has 0 amide bonds. The van der Waals surface area contributed by atoms with E-state index in [1.165, 1.54) is 32.1 Å². The zero-order valence-electron chi connectivity index (χ0n) is 12.1. The first-order valence-electron chi connectivity index (χ1n) is 7.61. The van der Waals surface area contributed by atoms with E-state index in [-0.39, 0.29) is 0 Å². The molecule has 20 heavy (non-hydrogen) atoms. The van der Waals surface area contributed by atoms with E-state index in [9.17, 15) is 0 Å². The molecular formula is C16H23N3O. The molecule has 0 radical (unpaired) electrons. The Morgan fingerprint density at radius 3 is 2.95 bits per heavy atom. The number of nitrogens with one attached hydrogen (secondary N) is 2. The fourth-order valence-electron chi connectivity index (χ4n) is 2.99. The van der Waals surface area contributed by atoms with Gasteiger partial charge < -0.3 is 15.0 Å². The molecule has 0 aliphatic heterocycles. The first-order valence-corrected chi connectivity index (χ1v) is 7.61. The number of ether oxygens (including phenoxy) is 1. The number of aromatic nitrogens is 2. The van der Waals surface area contributed by atoms with Gasteiger partial charge in [-0.15, -0.1) is 0 Å². The lowest BCUT2D eigenvalue weighted by Gasteiger charge is -2.22. The van der Waals surface area contributed by atoms with Gasteiger partial charge in [0.1, 0.15) is 11.6 Å². The SMILES string of the molecule is COc1ccc2nc(CCNC3CCCCC3)[nH]c2c1. The summed E-state index contributed by atoms with van der Waals surface area (Å²) in [5.74, 6) is 1.92. The predicted molar refractivity (Wildman–Crippen MR) is 81.2 cm³/mol. The van der Waals surface area contributed by atoms with Crippen LogP contribution in [0.2, 0.25) is 0 Å². The zero-order valence-corrected chi connectivity index (χ0v) is 12.1. The van der Waals surface area contributed by atoms with E-state index in [4.69, 9.17) is 4.74 Å². The highest BCUT2D eigenvalue weighted by Crippen LogP contribution is 2.19. The van der Waals surface area contributed by atoms with Gasteiger partial charge in [-0.3, -0.25) is 0 Å². The summed E-state index contributed by atoms with van der Waals surface area (Å²) in [6, 6.07) is 6.67. The van der Waals surface area contributed by atoms with E-state index in [1.807, 2.05) is 18.2 Å². The minimum Gasteiger partial charge on any atom is -0.497 e. The lowest BCUT2D eigenvalue weighted by Crippen LogP contribution is -2.32. The minimum atomic E-state index is 0.716. The van der Waals surface area contributed by atoms with Crippen molar-refractivity contribution >= 4 is 11.0 Å². The van der Waals surface area contributed by atoms with Crippen molar-refractivity contribution in [3.05, 3.63) is 24.0 Å². The van der Waals surface area contributed by atoms with Crippen molar-refractivity contribution in [2.24, 2.45) is 0 Å². The maximum atomic E-state index is 5.23. The van der Waals surface area contributed by atoms with Gasteiger partial charge in [0.05, 0.1) is 18.1 Å². The average molecular weight is 273 g/mol. The molecule has 3 rings (SSSR count). The van der Waals surface area contributed by atoms with E-state index in [1.54, 1.807) is 7.11 Å². The molecule has 1 heterocycles. The molecule has 0 atom stereocenters. The van der Waals surface area contributed by atoms with Crippen LogP contribution in [0, 0.1) is 0 Å². The fourth-order valence-corrected chi connectivity index (χ4v) is 2.99. The van der Waals surface area contributed by atoms with Gasteiger partial charge in [0.2, 0.25) is 0 Å². The largest absolute Gasteiger partial charge is 0.497 e. The Labute approximate surface area is 119 Å². The van der Waals surface area contributed by atoms with Gasteiger partial charge in [-0.2, -0.15) is 0 Å². The van der Waals surface area contributed by atoms with Gasteiger partial charge in [0.15, 0.2) is 0 Å². The van der Waals surface area contributed by atoms with Crippen LogP contribution >= 0.6 is 0 Å². The summed E-state index contributed by atoms with van der Waals surface area (Å²) >= 11 is 0. The first-order chi connectivity index (χ1) is 9.85. The third-order valence-corrected chi connectivity index (χ3v) is 4.14. The lowest BCUT2D eigenvalue weighted by molar-refractivity contribution is 0.375. The average Bonchev–Trinajstić information content (AvgIpc) is 2.90. The van der Waals surface area contributed by atoms with Gasteiger partial charge in [-0.05, 0) is 25.0 Å². The van der Waals surface area contributed by atoms with Gasteiger partial charge in [-0.25, -0.2) is 4.98 Å². The molecular weight excluding hydrogens is 250 g/mol. The lowest BCUT2D eigenvalue weighted by atomic mass is 9.95. The van der Waals surface area contributed by atoms with Crippen LogP contribution in [0.1, 0.15) is 37.9 Å². The monoisotopic (exact) mass is 273 g/mol. The van der Waals surface area contributed by atoms with Gasteiger partial charge in [0, 0.05) is 25.1 Å². The molecule has 2 N–H and O–H groups in total. The second-order valence-corrected chi connectivity index (χ2v) is 5.61. The standard InChI is InChI=1S/C16H23N3O/c1-20-13-7-8-14-15(11-13)19-16(18-14)9-10-17-12-5-3-2-4-6-12/h7-8,11-12,17H,2-6,9-10H2,1H3,(H,18,19). The number of hydrogen-bond acceptors (Lipinski definition) is 3. The summed E-state index contributed by atoms with van der Waals surface area (Å²) in [4.78, 5) is 8.00. The summed E-state index contributed by atoms with van der Waals surface area (Å²) in [6.45, 7) is 1.00. The molecule has 1 aromatic heterocycles. The third-order valence-electron chi connectivity index (χ3n) is 4.14. The van der Waals surface area contributed by atoms with E-state index >= 15 is 0 Å². The van der Waals surface area contributed by atoms with Crippen molar-refractivity contribution in [2.45, 2.75) is 44.6 Å².